The molecule has 2 amide bonds. The maximum atomic E-state index is 12.8. The molecule has 1 fully saturated rings. The van der Waals surface area contributed by atoms with E-state index in [9.17, 15) is 9.59 Å². The molecule has 9 heteroatoms. The second-order valence-corrected chi connectivity index (χ2v) is 7.95. The molecular weight excluding hydrogens is 425 g/mol. The van der Waals surface area contributed by atoms with Crippen LogP contribution in [0.5, 0.6) is 0 Å². The molecule has 0 atom stereocenters. The number of carbonyl (C=O) groups is 2. The molecule has 3 aromatic rings. The number of likely N-dealkylation sites (tertiary alicyclic amines) is 1. The minimum atomic E-state index is -0.171. The van der Waals surface area contributed by atoms with E-state index in [1.54, 1.807) is 64.3 Å². The van der Waals surface area contributed by atoms with E-state index in [0.717, 1.165) is 5.69 Å². The molecular formula is C21H19Cl2N5O2. The number of nitrogens with zero attached hydrogens (tertiary/aromatic N) is 4. The summed E-state index contributed by atoms with van der Waals surface area (Å²) in [6, 6.07) is 14.0. The Kier molecular flexibility index (Phi) is 6.01. The van der Waals surface area contributed by atoms with Gasteiger partial charge in [0.05, 0.1) is 11.9 Å². The molecule has 7 nitrogen and oxygen atoms in total. The lowest BCUT2D eigenvalue weighted by Gasteiger charge is -2.31. The van der Waals surface area contributed by atoms with Gasteiger partial charge >= 0.3 is 0 Å². The van der Waals surface area contributed by atoms with Crippen molar-refractivity contribution in [2.24, 2.45) is 0 Å². The average molecular weight is 444 g/mol. The van der Waals surface area contributed by atoms with E-state index < -0.39 is 0 Å². The van der Waals surface area contributed by atoms with E-state index in [-0.39, 0.29) is 23.6 Å². The van der Waals surface area contributed by atoms with Gasteiger partial charge < -0.3 is 10.2 Å². The van der Waals surface area contributed by atoms with Gasteiger partial charge in [-0.1, -0.05) is 34.5 Å². The largest absolute Gasteiger partial charge is 0.349 e. The molecule has 1 aliphatic heterocycles. The third-order valence-corrected chi connectivity index (χ3v) is 5.49. The molecule has 30 heavy (non-hydrogen) atoms. The predicted molar refractivity (Wildman–Crippen MR) is 114 cm³/mol. The zero-order valence-corrected chi connectivity index (χ0v) is 17.5. The Labute approximate surface area is 183 Å². The molecule has 1 N–H and O–H groups in total. The van der Waals surface area contributed by atoms with E-state index in [0.29, 0.717) is 41.5 Å². The summed E-state index contributed by atoms with van der Waals surface area (Å²) < 4.78 is 1.54. The molecule has 4 rings (SSSR count). The molecule has 0 saturated carbocycles. The van der Waals surface area contributed by atoms with Crippen LogP contribution in [0.15, 0.2) is 54.7 Å². The van der Waals surface area contributed by atoms with Gasteiger partial charge in [-0.15, -0.1) is 5.10 Å². The van der Waals surface area contributed by atoms with Crippen molar-refractivity contribution in [3.8, 4) is 5.69 Å². The fraction of sp³-hybridized carbons (Fsp3) is 0.238. The zero-order valence-electron chi connectivity index (χ0n) is 16.0. The topological polar surface area (TPSA) is 80.1 Å². The van der Waals surface area contributed by atoms with Crippen molar-refractivity contribution in [1.82, 2.24) is 25.2 Å². The van der Waals surface area contributed by atoms with Crippen LogP contribution in [0.4, 0.5) is 0 Å². The normalized spacial score (nSPS) is 14.5. The molecule has 0 bridgehead atoms. The Bertz CT molecular complexity index is 1060. The van der Waals surface area contributed by atoms with E-state index in [1.807, 2.05) is 0 Å². The lowest BCUT2D eigenvalue weighted by molar-refractivity contribution is 0.0692. The fourth-order valence-electron chi connectivity index (χ4n) is 3.37. The van der Waals surface area contributed by atoms with Gasteiger partial charge in [-0.3, -0.25) is 9.59 Å². The van der Waals surface area contributed by atoms with Crippen molar-refractivity contribution in [2.75, 3.05) is 13.1 Å². The zero-order chi connectivity index (χ0) is 21.1. The number of piperidine rings is 1. The van der Waals surface area contributed by atoms with Gasteiger partial charge in [0.1, 0.15) is 0 Å². The Hall–Kier alpha value is -2.90. The number of halogens is 2. The first-order chi connectivity index (χ1) is 14.5. The predicted octanol–water partition coefficient (Wildman–Crippen LogP) is 3.61. The number of hydrogen-bond acceptors (Lipinski definition) is 4. The van der Waals surface area contributed by atoms with Crippen molar-refractivity contribution in [2.45, 2.75) is 18.9 Å². The highest BCUT2D eigenvalue weighted by molar-refractivity contribution is 6.31. The number of amides is 2. The number of carbonyl (C=O) groups excluding carboxylic acids is 2. The molecule has 1 saturated heterocycles. The Morgan fingerprint density at radius 1 is 1.00 bits per heavy atom. The van der Waals surface area contributed by atoms with Crippen molar-refractivity contribution >= 4 is 35.0 Å². The molecule has 1 aliphatic rings. The first-order valence-corrected chi connectivity index (χ1v) is 10.3. The Morgan fingerprint density at radius 2 is 1.73 bits per heavy atom. The van der Waals surface area contributed by atoms with E-state index in [2.05, 4.69) is 15.6 Å². The van der Waals surface area contributed by atoms with Crippen LogP contribution >= 0.6 is 23.2 Å². The number of aromatic nitrogens is 3. The molecule has 2 aromatic carbocycles. The van der Waals surface area contributed by atoms with Crippen LogP contribution in [0, 0.1) is 0 Å². The smallest absolute Gasteiger partial charge is 0.276 e. The van der Waals surface area contributed by atoms with Crippen LogP contribution in [0.3, 0.4) is 0 Å². The van der Waals surface area contributed by atoms with Crippen LogP contribution in [-0.2, 0) is 0 Å². The summed E-state index contributed by atoms with van der Waals surface area (Å²) in [6.07, 6.45) is 2.95. The second-order valence-electron chi connectivity index (χ2n) is 7.08. The quantitative estimate of drug-likeness (QED) is 0.667. The highest BCUT2D eigenvalue weighted by Crippen LogP contribution is 2.17. The Balaban J connectivity index is 1.33. The molecule has 0 aliphatic carbocycles. The number of nitrogens with one attached hydrogen (secondary N) is 1. The van der Waals surface area contributed by atoms with Crippen molar-refractivity contribution in [3.05, 3.63) is 76.0 Å². The molecule has 0 radical (unpaired) electrons. The van der Waals surface area contributed by atoms with Crippen LogP contribution in [0.25, 0.3) is 5.69 Å². The van der Waals surface area contributed by atoms with Gasteiger partial charge in [0, 0.05) is 34.7 Å². The average Bonchev–Trinajstić information content (AvgIpc) is 3.24. The van der Waals surface area contributed by atoms with Crippen LogP contribution in [0.2, 0.25) is 10.0 Å². The lowest BCUT2D eigenvalue weighted by atomic mass is 10.0. The number of rotatable bonds is 4. The summed E-state index contributed by atoms with van der Waals surface area (Å²) in [5.41, 5.74) is 1.58. The van der Waals surface area contributed by atoms with Crippen LogP contribution < -0.4 is 5.32 Å². The van der Waals surface area contributed by atoms with Crippen LogP contribution in [0.1, 0.15) is 33.7 Å². The summed E-state index contributed by atoms with van der Waals surface area (Å²) in [4.78, 5) is 26.9. The van der Waals surface area contributed by atoms with E-state index >= 15 is 0 Å². The van der Waals surface area contributed by atoms with Gasteiger partial charge in [-0.2, -0.15) is 0 Å². The Morgan fingerprint density at radius 3 is 2.43 bits per heavy atom. The molecule has 1 aromatic heterocycles. The fourth-order valence-corrected chi connectivity index (χ4v) is 3.69. The lowest BCUT2D eigenvalue weighted by Crippen LogP contribution is -2.46. The van der Waals surface area contributed by atoms with Gasteiger partial charge in [0.15, 0.2) is 5.69 Å². The van der Waals surface area contributed by atoms with E-state index in [4.69, 9.17) is 23.2 Å². The maximum Gasteiger partial charge on any atom is 0.276 e. The van der Waals surface area contributed by atoms with Crippen molar-refractivity contribution in [1.29, 1.82) is 0 Å². The number of benzene rings is 2. The SMILES string of the molecule is O=C(NC1CCN(C(=O)c2cn(-c3ccc(Cl)cc3)nn2)CC1)c1cccc(Cl)c1. The standard InChI is InChI=1S/C21H19Cl2N5O2/c22-15-4-6-18(7-5-15)28-13-19(25-26-28)21(30)27-10-8-17(9-11-27)24-20(29)14-2-1-3-16(23)12-14/h1-7,12-13,17H,8-11H2,(H,24,29). The minimum Gasteiger partial charge on any atom is -0.349 e. The highest BCUT2D eigenvalue weighted by Gasteiger charge is 2.26. The third kappa shape index (κ3) is 4.63. The monoisotopic (exact) mass is 443 g/mol. The van der Waals surface area contributed by atoms with Gasteiger partial charge in [-0.05, 0) is 55.3 Å². The maximum absolute atomic E-state index is 12.8. The summed E-state index contributed by atoms with van der Waals surface area (Å²) in [7, 11) is 0. The molecule has 0 unspecified atom stereocenters. The summed E-state index contributed by atoms with van der Waals surface area (Å²) >= 11 is 11.9. The van der Waals surface area contributed by atoms with Gasteiger partial charge in [0.2, 0.25) is 0 Å². The second kappa shape index (κ2) is 8.85. The summed E-state index contributed by atoms with van der Waals surface area (Å²) in [5.74, 6) is -0.331. The molecule has 0 spiro atoms. The first kappa shape index (κ1) is 20.4. The third-order valence-electron chi connectivity index (χ3n) is 5.01. The summed E-state index contributed by atoms with van der Waals surface area (Å²) in [6.45, 7) is 1.07. The van der Waals surface area contributed by atoms with Gasteiger partial charge in [0.25, 0.3) is 11.8 Å². The van der Waals surface area contributed by atoms with E-state index in [1.165, 1.54) is 0 Å². The highest BCUT2D eigenvalue weighted by atomic mass is 35.5. The van der Waals surface area contributed by atoms with Crippen LogP contribution in [-0.4, -0.2) is 50.8 Å². The summed E-state index contributed by atoms with van der Waals surface area (Å²) in [5, 5.41) is 12.2. The minimum absolute atomic E-state index is 0.00489. The molecule has 154 valence electrons. The van der Waals surface area contributed by atoms with Crippen molar-refractivity contribution < 1.29 is 9.59 Å². The first-order valence-electron chi connectivity index (χ1n) is 9.53. The molecule has 2 heterocycles. The van der Waals surface area contributed by atoms with Gasteiger partial charge in [-0.25, -0.2) is 4.68 Å². The van der Waals surface area contributed by atoms with Crippen molar-refractivity contribution in [3.63, 3.8) is 0 Å². The number of hydrogen-bond donors (Lipinski definition) is 1.